The predicted octanol–water partition coefficient (Wildman–Crippen LogP) is 4.03. The lowest BCUT2D eigenvalue weighted by Crippen LogP contribution is -2.20. The van der Waals surface area contributed by atoms with Gasteiger partial charge in [-0.2, -0.15) is 0 Å². The van der Waals surface area contributed by atoms with Gasteiger partial charge in [0.05, 0.1) is 7.11 Å². The van der Waals surface area contributed by atoms with Crippen molar-refractivity contribution >= 4 is 11.8 Å². The Morgan fingerprint density at radius 3 is 2.62 bits per heavy atom. The molecule has 2 aromatic carbocycles. The number of hydrogen-bond donors (Lipinski definition) is 1. The molecule has 0 aliphatic heterocycles. The normalized spacial score (nSPS) is 12.2. The van der Waals surface area contributed by atoms with E-state index in [2.05, 4.69) is 5.32 Å². The highest BCUT2D eigenvalue weighted by Crippen LogP contribution is 2.28. The molecular weight excluding hydrogens is 292 g/mol. The van der Waals surface area contributed by atoms with Crippen LogP contribution in [0.4, 0.5) is 8.78 Å². The Morgan fingerprint density at radius 2 is 2.00 bits per heavy atom. The summed E-state index contributed by atoms with van der Waals surface area (Å²) in [5, 5.41) is 3.09. The van der Waals surface area contributed by atoms with Crippen molar-refractivity contribution in [2.24, 2.45) is 0 Å². The van der Waals surface area contributed by atoms with Crippen LogP contribution >= 0.6 is 11.8 Å². The summed E-state index contributed by atoms with van der Waals surface area (Å²) in [7, 11) is 3.28. The molecule has 0 saturated carbocycles. The molecule has 1 atom stereocenters. The van der Waals surface area contributed by atoms with E-state index in [1.807, 2.05) is 6.07 Å². The number of halogens is 2. The van der Waals surface area contributed by atoms with Gasteiger partial charge in [0.1, 0.15) is 17.4 Å². The van der Waals surface area contributed by atoms with Gasteiger partial charge in [-0.15, -0.1) is 11.8 Å². The summed E-state index contributed by atoms with van der Waals surface area (Å²) in [6, 6.07) is 11.0. The van der Waals surface area contributed by atoms with Gasteiger partial charge in [0.15, 0.2) is 0 Å². The van der Waals surface area contributed by atoms with Gasteiger partial charge in [0.25, 0.3) is 0 Å². The largest absolute Gasteiger partial charge is 0.497 e. The van der Waals surface area contributed by atoms with Gasteiger partial charge in [-0.05, 0) is 31.3 Å². The van der Waals surface area contributed by atoms with Crippen LogP contribution in [0.5, 0.6) is 5.75 Å². The molecule has 0 bridgehead atoms. The second-order valence-corrected chi connectivity index (χ2v) is 5.59. The van der Waals surface area contributed by atoms with Gasteiger partial charge in [-0.3, -0.25) is 0 Å². The zero-order valence-corrected chi connectivity index (χ0v) is 12.7. The highest BCUT2D eigenvalue weighted by molar-refractivity contribution is 7.99. The molecule has 0 fully saturated rings. The first-order valence-corrected chi connectivity index (χ1v) is 7.51. The molecule has 2 rings (SSSR count). The molecule has 0 spiro atoms. The van der Waals surface area contributed by atoms with Crippen LogP contribution in [0.25, 0.3) is 0 Å². The van der Waals surface area contributed by atoms with Crippen LogP contribution in [0.2, 0.25) is 0 Å². The molecule has 1 N–H and O–H groups in total. The van der Waals surface area contributed by atoms with Crippen molar-refractivity contribution in [3.63, 3.8) is 0 Å². The van der Waals surface area contributed by atoms with Gasteiger partial charge in [-0.1, -0.05) is 12.1 Å². The second kappa shape index (κ2) is 7.43. The Kier molecular flexibility index (Phi) is 5.59. The molecule has 0 aliphatic carbocycles. The quantitative estimate of drug-likeness (QED) is 0.814. The van der Waals surface area contributed by atoms with Gasteiger partial charge in [0.2, 0.25) is 0 Å². The summed E-state index contributed by atoms with van der Waals surface area (Å²) in [4.78, 5) is 0.823. The molecule has 112 valence electrons. The second-order valence-electron chi connectivity index (χ2n) is 4.50. The van der Waals surface area contributed by atoms with E-state index >= 15 is 0 Å². The maximum absolute atomic E-state index is 14.1. The van der Waals surface area contributed by atoms with Crippen LogP contribution in [-0.2, 0) is 0 Å². The first-order valence-electron chi connectivity index (χ1n) is 6.53. The molecule has 2 aromatic rings. The Morgan fingerprint density at radius 1 is 1.19 bits per heavy atom. The summed E-state index contributed by atoms with van der Waals surface area (Å²) in [5.41, 5.74) is 0.571. The maximum Gasteiger partial charge on any atom is 0.131 e. The highest BCUT2D eigenvalue weighted by Gasteiger charge is 2.15. The topological polar surface area (TPSA) is 21.3 Å². The Labute approximate surface area is 127 Å². The third-order valence-electron chi connectivity index (χ3n) is 3.14. The molecule has 2 nitrogen and oxygen atoms in total. The highest BCUT2D eigenvalue weighted by atomic mass is 32.2. The predicted molar refractivity (Wildman–Crippen MR) is 81.9 cm³/mol. The van der Waals surface area contributed by atoms with E-state index in [0.717, 1.165) is 4.90 Å². The summed E-state index contributed by atoms with van der Waals surface area (Å²) in [5.74, 6) is 0.512. The smallest absolute Gasteiger partial charge is 0.131 e. The Hall–Kier alpha value is -1.59. The number of ether oxygens (including phenoxy) is 1. The average Bonchev–Trinajstić information content (AvgIpc) is 2.49. The number of rotatable bonds is 6. The number of methoxy groups -OCH3 is 1. The molecule has 0 heterocycles. The zero-order valence-electron chi connectivity index (χ0n) is 11.9. The van der Waals surface area contributed by atoms with Crippen LogP contribution in [0.15, 0.2) is 47.4 Å². The Bertz CT molecular complexity index is 607. The van der Waals surface area contributed by atoms with E-state index in [-0.39, 0.29) is 17.7 Å². The van der Waals surface area contributed by atoms with E-state index in [4.69, 9.17) is 4.74 Å². The fourth-order valence-electron chi connectivity index (χ4n) is 1.98. The molecule has 0 aliphatic rings. The van der Waals surface area contributed by atoms with Crippen molar-refractivity contribution in [3.8, 4) is 5.75 Å². The average molecular weight is 309 g/mol. The number of benzene rings is 2. The van der Waals surface area contributed by atoms with Crippen molar-refractivity contribution in [2.75, 3.05) is 19.9 Å². The summed E-state index contributed by atoms with van der Waals surface area (Å²) in [6.07, 6.45) is 0. The summed E-state index contributed by atoms with van der Waals surface area (Å²) in [6.45, 7) is 0. The van der Waals surface area contributed by atoms with Crippen molar-refractivity contribution < 1.29 is 13.5 Å². The summed E-state index contributed by atoms with van der Waals surface area (Å²) >= 11 is 1.48. The van der Waals surface area contributed by atoms with Crippen LogP contribution in [0.1, 0.15) is 11.6 Å². The first kappa shape index (κ1) is 15.8. The van der Waals surface area contributed by atoms with Crippen LogP contribution in [0.3, 0.4) is 0 Å². The number of nitrogens with one attached hydrogen (secondary N) is 1. The van der Waals surface area contributed by atoms with E-state index < -0.39 is 0 Å². The molecule has 0 radical (unpaired) electrons. The fourth-order valence-corrected chi connectivity index (χ4v) is 3.06. The molecule has 1 unspecified atom stereocenters. The standard InChI is InChI=1S/C16H17F2NOS/c1-19-16(10-21-13-5-3-4-11(17)8-13)14-7-6-12(20-2)9-15(14)18/h3-9,16,19H,10H2,1-2H3. The van der Waals surface area contributed by atoms with Gasteiger partial charge in [0, 0.05) is 28.3 Å². The first-order chi connectivity index (χ1) is 10.1. The van der Waals surface area contributed by atoms with E-state index in [0.29, 0.717) is 17.1 Å². The van der Waals surface area contributed by atoms with E-state index in [1.165, 1.54) is 37.1 Å². The van der Waals surface area contributed by atoms with E-state index in [1.54, 1.807) is 25.2 Å². The van der Waals surface area contributed by atoms with Crippen LogP contribution in [-0.4, -0.2) is 19.9 Å². The van der Waals surface area contributed by atoms with E-state index in [9.17, 15) is 8.78 Å². The van der Waals surface area contributed by atoms with Crippen LogP contribution < -0.4 is 10.1 Å². The molecule has 0 aromatic heterocycles. The van der Waals surface area contributed by atoms with Crippen molar-refractivity contribution in [1.29, 1.82) is 0 Å². The van der Waals surface area contributed by atoms with Gasteiger partial charge in [-0.25, -0.2) is 8.78 Å². The third-order valence-corrected chi connectivity index (χ3v) is 4.23. The number of thioether (sulfide) groups is 1. The SMILES string of the molecule is CNC(CSc1cccc(F)c1)c1ccc(OC)cc1F. The maximum atomic E-state index is 14.1. The molecule has 21 heavy (non-hydrogen) atoms. The minimum atomic E-state index is -0.312. The molecule has 0 saturated heterocycles. The summed E-state index contributed by atoms with van der Waals surface area (Å²) < 4.78 is 32.2. The number of hydrogen-bond acceptors (Lipinski definition) is 3. The zero-order chi connectivity index (χ0) is 15.2. The molecular formula is C16H17F2NOS. The lowest BCUT2D eigenvalue weighted by molar-refractivity contribution is 0.410. The van der Waals surface area contributed by atoms with Gasteiger partial charge < -0.3 is 10.1 Å². The molecule has 0 amide bonds. The lowest BCUT2D eigenvalue weighted by atomic mass is 10.1. The van der Waals surface area contributed by atoms with Gasteiger partial charge >= 0.3 is 0 Å². The van der Waals surface area contributed by atoms with Crippen molar-refractivity contribution in [2.45, 2.75) is 10.9 Å². The van der Waals surface area contributed by atoms with Crippen LogP contribution in [0, 0.1) is 11.6 Å². The minimum Gasteiger partial charge on any atom is -0.497 e. The van der Waals surface area contributed by atoms with Crippen molar-refractivity contribution in [1.82, 2.24) is 5.32 Å². The third kappa shape index (κ3) is 4.19. The lowest BCUT2D eigenvalue weighted by Gasteiger charge is -2.17. The fraction of sp³-hybridized carbons (Fsp3) is 0.250. The molecule has 5 heteroatoms. The van der Waals surface area contributed by atoms with Crippen molar-refractivity contribution in [3.05, 3.63) is 59.7 Å². The Balaban J connectivity index is 2.09. The minimum absolute atomic E-state index is 0.163. The monoisotopic (exact) mass is 309 g/mol.